The highest BCUT2D eigenvalue weighted by atomic mass is 16.6. The number of carboxylic acid groups (broad SMARTS) is 1. The molecule has 98 valence electrons. The number of nitrogens with zero attached hydrogens (tertiary/aromatic N) is 1. The molecule has 1 unspecified atom stereocenters. The Morgan fingerprint density at radius 2 is 2.00 bits per heavy atom. The largest absolute Gasteiger partial charge is 0.479 e. The van der Waals surface area contributed by atoms with Gasteiger partial charge in [0.25, 0.3) is 0 Å². The molecule has 1 N–H and O–H groups in total. The molecule has 1 heterocycles. The standard InChI is InChI=1S/C13H23NO3/c1-13(2)14(9-11(17-13)12(15)16)8-10-6-4-3-5-7-10/h10-11H,3-9H2,1-2H3,(H,15,16). The Hall–Kier alpha value is -0.610. The minimum atomic E-state index is -0.843. The monoisotopic (exact) mass is 241 g/mol. The first-order valence-electron chi connectivity index (χ1n) is 6.65. The van der Waals surface area contributed by atoms with E-state index < -0.39 is 17.8 Å². The smallest absolute Gasteiger partial charge is 0.334 e. The van der Waals surface area contributed by atoms with Crippen LogP contribution in [0, 0.1) is 5.92 Å². The summed E-state index contributed by atoms with van der Waals surface area (Å²) < 4.78 is 5.59. The lowest BCUT2D eigenvalue weighted by Gasteiger charge is -2.34. The molecule has 17 heavy (non-hydrogen) atoms. The molecule has 0 amide bonds. The van der Waals surface area contributed by atoms with Gasteiger partial charge in [-0.2, -0.15) is 0 Å². The Morgan fingerprint density at radius 1 is 1.35 bits per heavy atom. The van der Waals surface area contributed by atoms with Crippen LogP contribution < -0.4 is 0 Å². The van der Waals surface area contributed by atoms with Crippen molar-refractivity contribution in [1.29, 1.82) is 0 Å². The van der Waals surface area contributed by atoms with Gasteiger partial charge >= 0.3 is 5.97 Å². The van der Waals surface area contributed by atoms with Crippen LogP contribution in [0.1, 0.15) is 46.0 Å². The first kappa shape index (κ1) is 12.8. The molecule has 2 rings (SSSR count). The summed E-state index contributed by atoms with van der Waals surface area (Å²) >= 11 is 0. The summed E-state index contributed by atoms with van der Waals surface area (Å²) in [6.07, 6.45) is 5.90. The van der Waals surface area contributed by atoms with Gasteiger partial charge in [0.1, 0.15) is 5.72 Å². The number of ether oxygens (including phenoxy) is 1. The van der Waals surface area contributed by atoms with Crippen LogP contribution in [-0.4, -0.2) is 40.9 Å². The molecule has 1 saturated carbocycles. The average Bonchev–Trinajstić information content (AvgIpc) is 2.56. The Balaban J connectivity index is 1.93. The SMILES string of the molecule is CC1(C)OC(C(=O)O)CN1CC1CCCCC1. The van der Waals surface area contributed by atoms with Crippen LogP contribution in [0.2, 0.25) is 0 Å². The molecular weight excluding hydrogens is 218 g/mol. The number of rotatable bonds is 3. The lowest BCUT2D eigenvalue weighted by atomic mass is 9.88. The summed E-state index contributed by atoms with van der Waals surface area (Å²) in [6.45, 7) is 5.45. The van der Waals surface area contributed by atoms with Crippen LogP contribution in [0.4, 0.5) is 0 Å². The topological polar surface area (TPSA) is 49.8 Å². The van der Waals surface area contributed by atoms with Crippen molar-refractivity contribution in [2.75, 3.05) is 13.1 Å². The Kier molecular flexibility index (Phi) is 3.73. The van der Waals surface area contributed by atoms with Gasteiger partial charge < -0.3 is 9.84 Å². The third-order valence-electron chi connectivity index (χ3n) is 4.06. The van der Waals surface area contributed by atoms with Gasteiger partial charge in [0.05, 0.1) is 0 Å². The molecule has 2 fully saturated rings. The van der Waals surface area contributed by atoms with Crippen LogP contribution in [-0.2, 0) is 9.53 Å². The van der Waals surface area contributed by atoms with Crippen molar-refractivity contribution < 1.29 is 14.6 Å². The molecular formula is C13H23NO3. The van der Waals surface area contributed by atoms with E-state index >= 15 is 0 Å². The molecule has 0 radical (unpaired) electrons. The van der Waals surface area contributed by atoms with Crippen molar-refractivity contribution in [1.82, 2.24) is 4.90 Å². The van der Waals surface area contributed by atoms with E-state index in [4.69, 9.17) is 9.84 Å². The maximum atomic E-state index is 11.0. The quantitative estimate of drug-likeness (QED) is 0.822. The summed E-state index contributed by atoms with van der Waals surface area (Å²) in [5, 5.41) is 9.02. The van der Waals surface area contributed by atoms with Gasteiger partial charge in [0.15, 0.2) is 6.10 Å². The summed E-state index contributed by atoms with van der Waals surface area (Å²) in [4.78, 5) is 13.2. The van der Waals surface area contributed by atoms with E-state index in [1.165, 1.54) is 32.1 Å². The van der Waals surface area contributed by atoms with E-state index in [9.17, 15) is 4.79 Å². The second kappa shape index (κ2) is 4.94. The predicted octanol–water partition coefficient (Wildman–Crippen LogP) is 2.09. The average molecular weight is 241 g/mol. The highest BCUT2D eigenvalue weighted by Crippen LogP contribution is 2.31. The van der Waals surface area contributed by atoms with Crippen LogP contribution in [0.3, 0.4) is 0 Å². The first-order chi connectivity index (χ1) is 7.99. The highest BCUT2D eigenvalue weighted by molar-refractivity contribution is 5.73. The van der Waals surface area contributed by atoms with Gasteiger partial charge in [-0.25, -0.2) is 4.79 Å². The molecule has 0 aromatic rings. The molecule has 2 aliphatic rings. The van der Waals surface area contributed by atoms with Gasteiger partial charge in [-0.15, -0.1) is 0 Å². The molecule has 1 aliphatic heterocycles. The van der Waals surface area contributed by atoms with Crippen molar-refractivity contribution in [3.05, 3.63) is 0 Å². The van der Waals surface area contributed by atoms with Gasteiger partial charge in [-0.05, 0) is 32.6 Å². The summed E-state index contributed by atoms with van der Waals surface area (Å²) in [7, 11) is 0. The summed E-state index contributed by atoms with van der Waals surface area (Å²) in [5.74, 6) is -0.122. The normalized spacial score (nSPS) is 30.6. The molecule has 1 atom stereocenters. The second-order valence-electron chi connectivity index (χ2n) is 5.80. The van der Waals surface area contributed by atoms with Crippen molar-refractivity contribution in [3.8, 4) is 0 Å². The minimum Gasteiger partial charge on any atom is -0.479 e. The zero-order valence-electron chi connectivity index (χ0n) is 10.8. The van der Waals surface area contributed by atoms with Crippen molar-refractivity contribution in [2.45, 2.75) is 57.8 Å². The molecule has 0 spiro atoms. The molecule has 0 bridgehead atoms. The van der Waals surface area contributed by atoms with E-state index in [1.807, 2.05) is 13.8 Å². The third-order valence-corrected chi connectivity index (χ3v) is 4.06. The van der Waals surface area contributed by atoms with Gasteiger partial charge in [0.2, 0.25) is 0 Å². The second-order valence-corrected chi connectivity index (χ2v) is 5.80. The molecule has 1 aliphatic carbocycles. The minimum absolute atomic E-state index is 0.430. The first-order valence-corrected chi connectivity index (χ1v) is 6.65. The fraction of sp³-hybridized carbons (Fsp3) is 0.923. The lowest BCUT2D eigenvalue weighted by molar-refractivity contribution is -0.155. The Bertz CT molecular complexity index is 284. The van der Waals surface area contributed by atoms with E-state index in [2.05, 4.69) is 4.90 Å². The highest BCUT2D eigenvalue weighted by Gasteiger charge is 2.43. The lowest BCUT2D eigenvalue weighted by Crippen LogP contribution is -2.42. The molecule has 4 heteroatoms. The maximum Gasteiger partial charge on any atom is 0.334 e. The summed E-state index contributed by atoms with van der Waals surface area (Å²) in [5.41, 5.74) is -0.430. The number of aliphatic carboxylic acids is 1. The van der Waals surface area contributed by atoms with Gasteiger partial charge in [-0.3, -0.25) is 4.90 Å². The van der Waals surface area contributed by atoms with E-state index in [-0.39, 0.29) is 0 Å². The van der Waals surface area contributed by atoms with Crippen LogP contribution in [0.5, 0.6) is 0 Å². The van der Waals surface area contributed by atoms with E-state index in [0.717, 1.165) is 12.5 Å². The number of carboxylic acids is 1. The number of hydrogen-bond acceptors (Lipinski definition) is 3. The van der Waals surface area contributed by atoms with Gasteiger partial charge in [0, 0.05) is 13.1 Å². The third kappa shape index (κ3) is 2.99. The fourth-order valence-corrected chi connectivity index (χ4v) is 2.98. The van der Waals surface area contributed by atoms with Gasteiger partial charge in [-0.1, -0.05) is 19.3 Å². The number of hydrogen-bond donors (Lipinski definition) is 1. The fourth-order valence-electron chi connectivity index (χ4n) is 2.98. The predicted molar refractivity (Wildman–Crippen MR) is 64.7 cm³/mol. The van der Waals surface area contributed by atoms with Crippen LogP contribution in [0.15, 0.2) is 0 Å². The van der Waals surface area contributed by atoms with E-state index in [1.54, 1.807) is 0 Å². The summed E-state index contributed by atoms with van der Waals surface area (Å²) in [6, 6.07) is 0. The molecule has 0 aromatic heterocycles. The zero-order valence-corrected chi connectivity index (χ0v) is 10.8. The molecule has 4 nitrogen and oxygen atoms in total. The zero-order chi connectivity index (χ0) is 12.5. The molecule has 0 aromatic carbocycles. The van der Waals surface area contributed by atoms with Crippen molar-refractivity contribution in [2.24, 2.45) is 5.92 Å². The molecule has 1 saturated heterocycles. The maximum absolute atomic E-state index is 11.0. The van der Waals surface area contributed by atoms with E-state index in [0.29, 0.717) is 6.54 Å². The van der Waals surface area contributed by atoms with Crippen molar-refractivity contribution in [3.63, 3.8) is 0 Å². The Labute approximate surface area is 103 Å². The van der Waals surface area contributed by atoms with Crippen LogP contribution >= 0.6 is 0 Å². The van der Waals surface area contributed by atoms with Crippen LogP contribution in [0.25, 0.3) is 0 Å². The van der Waals surface area contributed by atoms with Crippen molar-refractivity contribution >= 4 is 5.97 Å². The Morgan fingerprint density at radius 3 is 2.53 bits per heavy atom. The number of carbonyl (C=O) groups is 1.